The maximum absolute atomic E-state index is 12.8. The number of halogens is 2. The van der Waals surface area contributed by atoms with E-state index in [1.165, 1.54) is 0 Å². The fourth-order valence-electron chi connectivity index (χ4n) is 2.80. The molecule has 0 radical (unpaired) electrons. The van der Waals surface area contributed by atoms with Crippen molar-refractivity contribution >= 4 is 33.4 Å². The summed E-state index contributed by atoms with van der Waals surface area (Å²) in [6.45, 7) is 1.97. The van der Waals surface area contributed by atoms with Crippen LogP contribution in [0.2, 0.25) is 5.02 Å². The summed E-state index contributed by atoms with van der Waals surface area (Å²) in [4.78, 5) is 12.8. The SMILES string of the molecule is CC(NC(=O)C1(c2cccc(Br)c2)CC1)c1ccccc1Cl. The molecule has 4 heteroatoms. The molecule has 0 saturated heterocycles. The number of carbonyl (C=O) groups is 1. The molecule has 22 heavy (non-hydrogen) atoms. The Morgan fingerprint density at radius 3 is 2.59 bits per heavy atom. The van der Waals surface area contributed by atoms with Crippen LogP contribution in [0.3, 0.4) is 0 Å². The summed E-state index contributed by atoms with van der Waals surface area (Å²) in [7, 11) is 0. The second kappa shape index (κ2) is 6.05. The van der Waals surface area contributed by atoms with Crippen LogP contribution in [0.5, 0.6) is 0 Å². The van der Waals surface area contributed by atoms with E-state index in [1.807, 2.05) is 55.5 Å². The minimum absolute atomic E-state index is 0.0815. The monoisotopic (exact) mass is 377 g/mol. The van der Waals surface area contributed by atoms with Gasteiger partial charge in [0.2, 0.25) is 5.91 Å². The van der Waals surface area contributed by atoms with Crippen LogP contribution in [-0.4, -0.2) is 5.91 Å². The Morgan fingerprint density at radius 2 is 1.95 bits per heavy atom. The van der Waals surface area contributed by atoms with Gasteiger partial charge < -0.3 is 5.32 Å². The summed E-state index contributed by atoms with van der Waals surface area (Å²) in [6.07, 6.45) is 1.79. The van der Waals surface area contributed by atoms with Crippen LogP contribution in [0, 0.1) is 0 Å². The van der Waals surface area contributed by atoms with Gasteiger partial charge in [-0.05, 0) is 49.1 Å². The molecule has 1 N–H and O–H groups in total. The summed E-state index contributed by atoms with van der Waals surface area (Å²) >= 11 is 9.69. The number of rotatable bonds is 4. The maximum Gasteiger partial charge on any atom is 0.231 e. The van der Waals surface area contributed by atoms with Gasteiger partial charge in [0.15, 0.2) is 0 Å². The zero-order valence-corrected chi connectivity index (χ0v) is 14.6. The number of carbonyl (C=O) groups excluding carboxylic acids is 1. The molecule has 0 spiro atoms. The maximum atomic E-state index is 12.8. The third kappa shape index (κ3) is 2.92. The Balaban J connectivity index is 1.79. The van der Waals surface area contributed by atoms with Gasteiger partial charge in [-0.15, -0.1) is 0 Å². The van der Waals surface area contributed by atoms with Crippen LogP contribution in [0.25, 0.3) is 0 Å². The zero-order valence-electron chi connectivity index (χ0n) is 12.3. The molecule has 3 rings (SSSR count). The van der Waals surface area contributed by atoms with E-state index in [0.717, 1.165) is 28.4 Å². The van der Waals surface area contributed by atoms with Gasteiger partial charge in [0.25, 0.3) is 0 Å². The Labute approximate surface area is 144 Å². The summed E-state index contributed by atoms with van der Waals surface area (Å²) in [5.41, 5.74) is 1.65. The van der Waals surface area contributed by atoms with Gasteiger partial charge in [-0.2, -0.15) is 0 Å². The molecule has 0 aliphatic heterocycles. The molecule has 1 aliphatic carbocycles. The van der Waals surface area contributed by atoms with Crippen molar-refractivity contribution in [3.05, 3.63) is 69.2 Å². The lowest BCUT2D eigenvalue weighted by atomic mass is 9.94. The molecular weight excluding hydrogens is 362 g/mol. The first-order chi connectivity index (χ1) is 10.5. The Bertz CT molecular complexity index is 712. The highest BCUT2D eigenvalue weighted by molar-refractivity contribution is 9.10. The fourth-order valence-corrected chi connectivity index (χ4v) is 3.50. The van der Waals surface area contributed by atoms with Crippen molar-refractivity contribution in [2.75, 3.05) is 0 Å². The van der Waals surface area contributed by atoms with Gasteiger partial charge in [-0.3, -0.25) is 4.79 Å². The quantitative estimate of drug-likeness (QED) is 0.796. The Kier molecular flexibility index (Phi) is 4.28. The lowest BCUT2D eigenvalue weighted by Gasteiger charge is -2.21. The van der Waals surface area contributed by atoms with Crippen LogP contribution in [0.15, 0.2) is 53.0 Å². The largest absolute Gasteiger partial charge is 0.349 e. The molecule has 1 aliphatic rings. The van der Waals surface area contributed by atoms with Crippen molar-refractivity contribution in [3.8, 4) is 0 Å². The van der Waals surface area contributed by atoms with Crippen molar-refractivity contribution in [1.82, 2.24) is 5.32 Å². The summed E-state index contributed by atoms with van der Waals surface area (Å²) in [5, 5.41) is 3.80. The molecule has 1 unspecified atom stereocenters. The number of benzene rings is 2. The van der Waals surface area contributed by atoms with E-state index < -0.39 is 0 Å². The van der Waals surface area contributed by atoms with Gasteiger partial charge >= 0.3 is 0 Å². The van der Waals surface area contributed by atoms with E-state index in [2.05, 4.69) is 21.2 Å². The average molecular weight is 379 g/mol. The molecule has 2 aromatic carbocycles. The van der Waals surface area contributed by atoms with Gasteiger partial charge in [0.05, 0.1) is 11.5 Å². The smallest absolute Gasteiger partial charge is 0.231 e. The molecule has 2 nitrogen and oxygen atoms in total. The van der Waals surface area contributed by atoms with Gasteiger partial charge in [-0.25, -0.2) is 0 Å². The fraction of sp³-hybridized carbons (Fsp3) is 0.278. The van der Waals surface area contributed by atoms with Gasteiger partial charge in [-0.1, -0.05) is 57.9 Å². The molecule has 1 atom stereocenters. The van der Waals surface area contributed by atoms with E-state index >= 15 is 0 Å². The molecular formula is C18H17BrClNO. The number of hydrogen-bond acceptors (Lipinski definition) is 1. The number of amides is 1. The molecule has 2 aromatic rings. The average Bonchev–Trinajstić information content (AvgIpc) is 3.29. The molecule has 0 bridgehead atoms. The summed E-state index contributed by atoms with van der Waals surface area (Å²) < 4.78 is 1.00. The second-order valence-corrected chi connectivity index (χ2v) is 7.13. The van der Waals surface area contributed by atoms with Gasteiger partial charge in [0, 0.05) is 9.50 Å². The zero-order chi connectivity index (χ0) is 15.7. The van der Waals surface area contributed by atoms with E-state index in [1.54, 1.807) is 0 Å². The van der Waals surface area contributed by atoms with E-state index in [0.29, 0.717) is 5.02 Å². The van der Waals surface area contributed by atoms with Crippen molar-refractivity contribution < 1.29 is 4.79 Å². The minimum Gasteiger partial charge on any atom is -0.349 e. The topological polar surface area (TPSA) is 29.1 Å². The van der Waals surface area contributed by atoms with Crippen LogP contribution in [0.1, 0.15) is 36.9 Å². The van der Waals surface area contributed by atoms with Crippen molar-refractivity contribution in [2.24, 2.45) is 0 Å². The molecule has 1 saturated carbocycles. The van der Waals surface area contributed by atoms with E-state index in [4.69, 9.17) is 11.6 Å². The van der Waals surface area contributed by atoms with Crippen molar-refractivity contribution in [2.45, 2.75) is 31.2 Å². The third-order valence-corrected chi connectivity index (χ3v) is 5.12. The van der Waals surface area contributed by atoms with Crippen LogP contribution < -0.4 is 5.32 Å². The summed E-state index contributed by atoms with van der Waals surface area (Å²) in [6, 6.07) is 15.5. The first kappa shape index (κ1) is 15.6. The highest BCUT2D eigenvalue weighted by atomic mass is 79.9. The molecule has 1 fully saturated rings. The highest BCUT2D eigenvalue weighted by Gasteiger charge is 2.51. The van der Waals surface area contributed by atoms with Crippen LogP contribution in [0.4, 0.5) is 0 Å². The third-order valence-electron chi connectivity index (χ3n) is 4.28. The van der Waals surface area contributed by atoms with Crippen LogP contribution in [-0.2, 0) is 10.2 Å². The first-order valence-electron chi connectivity index (χ1n) is 7.34. The van der Waals surface area contributed by atoms with Crippen molar-refractivity contribution in [3.63, 3.8) is 0 Å². The van der Waals surface area contributed by atoms with E-state index in [-0.39, 0.29) is 17.4 Å². The summed E-state index contributed by atoms with van der Waals surface area (Å²) in [5.74, 6) is 0.0815. The first-order valence-corrected chi connectivity index (χ1v) is 8.51. The van der Waals surface area contributed by atoms with Crippen molar-refractivity contribution in [1.29, 1.82) is 0 Å². The molecule has 114 valence electrons. The Hall–Kier alpha value is -1.32. The van der Waals surface area contributed by atoms with E-state index in [9.17, 15) is 4.79 Å². The lowest BCUT2D eigenvalue weighted by molar-refractivity contribution is -0.124. The predicted octanol–water partition coefficient (Wildman–Crippen LogP) is 5.01. The van der Waals surface area contributed by atoms with Crippen LogP contribution >= 0.6 is 27.5 Å². The standard InChI is InChI=1S/C18H17BrClNO/c1-12(15-7-2-3-8-16(15)20)21-17(22)18(9-10-18)13-5-4-6-14(19)11-13/h2-8,11-12H,9-10H2,1H3,(H,21,22). The second-order valence-electron chi connectivity index (χ2n) is 5.81. The Morgan fingerprint density at radius 1 is 1.23 bits per heavy atom. The number of nitrogens with one attached hydrogen (secondary N) is 1. The predicted molar refractivity (Wildman–Crippen MR) is 93.1 cm³/mol. The van der Waals surface area contributed by atoms with Gasteiger partial charge in [0.1, 0.15) is 0 Å². The highest BCUT2D eigenvalue weighted by Crippen LogP contribution is 2.49. The minimum atomic E-state index is -0.376. The normalized spacial score (nSPS) is 16.9. The lowest BCUT2D eigenvalue weighted by Crippen LogP contribution is -2.36. The molecule has 1 amide bonds. The molecule has 0 heterocycles. The molecule has 0 aromatic heterocycles. The number of hydrogen-bond donors (Lipinski definition) is 1.